The van der Waals surface area contributed by atoms with Gasteiger partial charge in [-0.3, -0.25) is 0 Å². The maximum Gasteiger partial charge on any atom is 0.198 e. The number of aromatic nitrogens is 2. The SMILES string of the molecule is Cc1cc(CN=C(Nc2ccccc2)N2CCCCC2)nc(C)n1.I. The van der Waals surface area contributed by atoms with Crippen LogP contribution in [0.15, 0.2) is 41.4 Å². The molecule has 2 heterocycles. The number of anilines is 1. The minimum Gasteiger partial charge on any atom is -0.343 e. The molecule has 0 unspecified atom stereocenters. The third kappa shape index (κ3) is 5.95. The number of para-hydroxylation sites is 1. The van der Waals surface area contributed by atoms with Gasteiger partial charge < -0.3 is 10.2 Å². The summed E-state index contributed by atoms with van der Waals surface area (Å²) < 4.78 is 0. The minimum absolute atomic E-state index is 0. The van der Waals surface area contributed by atoms with Gasteiger partial charge in [-0.2, -0.15) is 0 Å². The largest absolute Gasteiger partial charge is 0.343 e. The second-order valence-electron chi connectivity index (χ2n) is 6.23. The van der Waals surface area contributed by atoms with Gasteiger partial charge in [-0.25, -0.2) is 15.0 Å². The molecule has 3 rings (SSSR count). The highest BCUT2D eigenvalue weighted by molar-refractivity contribution is 14.0. The second kappa shape index (κ2) is 9.70. The quantitative estimate of drug-likeness (QED) is 0.433. The lowest BCUT2D eigenvalue weighted by molar-refractivity contribution is 0.340. The highest BCUT2D eigenvalue weighted by Crippen LogP contribution is 2.13. The van der Waals surface area contributed by atoms with Gasteiger partial charge in [0.15, 0.2) is 5.96 Å². The standard InChI is InChI=1S/C19H25N5.HI/c1-15-13-18(22-16(2)21-15)14-20-19(24-11-7-4-8-12-24)23-17-9-5-3-6-10-17;/h3,5-6,9-10,13H,4,7-8,11-12,14H2,1-2H3,(H,20,23);1H. The van der Waals surface area contributed by atoms with E-state index in [9.17, 15) is 0 Å². The highest BCUT2D eigenvalue weighted by Gasteiger charge is 2.15. The van der Waals surface area contributed by atoms with Crippen molar-refractivity contribution in [1.29, 1.82) is 0 Å². The van der Waals surface area contributed by atoms with E-state index in [2.05, 4.69) is 32.3 Å². The first kappa shape index (κ1) is 19.6. The molecule has 0 spiro atoms. The fourth-order valence-electron chi connectivity index (χ4n) is 3.01. The first-order chi connectivity index (χ1) is 11.7. The van der Waals surface area contributed by atoms with Crippen LogP contribution in [0.5, 0.6) is 0 Å². The number of piperidine rings is 1. The maximum atomic E-state index is 4.84. The summed E-state index contributed by atoms with van der Waals surface area (Å²) in [7, 11) is 0. The van der Waals surface area contributed by atoms with Crippen molar-refractivity contribution in [2.45, 2.75) is 39.7 Å². The van der Waals surface area contributed by atoms with Crippen LogP contribution in [0.4, 0.5) is 5.69 Å². The van der Waals surface area contributed by atoms with E-state index >= 15 is 0 Å². The molecule has 1 N–H and O–H groups in total. The molecule has 6 heteroatoms. The summed E-state index contributed by atoms with van der Waals surface area (Å²) in [5.41, 5.74) is 3.02. The van der Waals surface area contributed by atoms with E-state index in [-0.39, 0.29) is 24.0 Å². The Bertz CT molecular complexity index is 676. The Morgan fingerprint density at radius 3 is 2.48 bits per heavy atom. The number of benzene rings is 1. The van der Waals surface area contributed by atoms with Gasteiger partial charge in [-0.1, -0.05) is 18.2 Å². The zero-order valence-electron chi connectivity index (χ0n) is 14.9. The number of nitrogens with zero attached hydrogens (tertiary/aromatic N) is 4. The minimum atomic E-state index is 0. The average molecular weight is 451 g/mol. The van der Waals surface area contributed by atoms with Crippen LogP contribution in [-0.2, 0) is 6.54 Å². The third-order valence-corrected chi connectivity index (χ3v) is 4.10. The number of halogens is 1. The van der Waals surface area contributed by atoms with Crippen LogP contribution < -0.4 is 5.32 Å². The van der Waals surface area contributed by atoms with E-state index in [0.717, 1.165) is 41.9 Å². The fourth-order valence-corrected chi connectivity index (χ4v) is 3.01. The Hall–Kier alpha value is -1.70. The number of aryl methyl sites for hydroxylation is 2. The molecule has 1 fully saturated rings. The zero-order chi connectivity index (χ0) is 16.8. The lowest BCUT2D eigenvalue weighted by atomic mass is 10.1. The molecular formula is C19H26IN5. The van der Waals surface area contributed by atoms with Crippen molar-refractivity contribution >= 4 is 35.6 Å². The van der Waals surface area contributed by atoms with E-state index in [0.29, 0.717) is 6.54 Å². The second-order valence-corrected chi connectivity index (χ2v) is 6.23. The van der Waals surface area contributed by atoms with Crippen molar-refractivity contribution < 1.29 is 0 Å². The molecule has 0 saturated carbocycles. The zero-order valence-corrected chi connectivity index (χ0v) is 17.2. The van der Waals surface area contributed by atoms with Crippen LogP contribution in [0.25, 0.3) is 0 Å². The van der Waals surface area contributed by atoms with Gasteiger partial charge in [0.2, 0.25) is 0 Å². The van der Waals surface area contributed by atoms with Gasteiger partial charge in [0, 0.05) is 24.5 Å². The predicted molar refractivity (Wildman–Crippen MR) is 114 cm³/mol. The van der Waals surface area contributed by atoms with Crippen LogP contribution in [0, 0.1) is 13.8 Å². The molecule has 25 heavy (non-hydrogen) atoms. The lowest BCUT2D eigenvalue weighted by Gasteiger charge is -2.30. The van der Waals surface area contributed by atoms with Gasteiger partial charge >= 0.3 is 0 Å². The summed E-state index contributed by atoms with van der Waals surface area (Å²) >= 11 is 0. The summed E-state index contributed by atoms with van der Waals surface area (Å²) in [5.74, 6) is 1.74. The van der Waals surface area contributed by atoms with E-state index < -0.39 is 0 Å². The number of hydrogen-bond acceptors (Lipinski definition) is 3. The lowest BCUT2D eigenvalue weighted by Crippen LogP contribution is -2.40. The van der Waals surface area contributed by atoms with Gasteiger partial charge in [-0.05, 0) is 51.3 Å². The molecule has 5 nitrogen and oxygen atoms in total. The molecule has 2 aromatic rings. The van der Waals surface area contributed by atoms with Crippen molar-refractivity contribution in [2.75, 3.05) is 18.4 Å². The summed E-state index contributed by atoms with van der Waals surface area (Å²) in [6.07, 6.45) is 3.75. The molecule has 1 aliphatic rings. The van der Waals surface area contributed by atoms with Crippen molar-refractivity contribution in [3.05, 3.63) is 53.6 Å². The number of guanidine groups is 1. The van der Waals surface area contributed by atoms with Crippen LogP contribution in [0.3, 0.4) is 0 Å². The molecular weight excluding hydrogens is 425 g/mol. The maximum absolute atomic E-state index is 4.84. The number of hydrogen-bond donors (Lipinski definition) is 1. The van der Waals surface area contributed by atoms with E-state index in [1.165, 1.54) is 19.3 Å². The average Bonchev–Trinajstić information content (AvgIpc) is 2.59. The predicted octanol–water partition coefficient (Wildman–Crippen LogP) is 4.17. The van der Waals surface area contributed by atoms with Gasteiger partial charge in [0.05, 0.1) is 12.2 Å². The van der Waals surface area contributed by atoms with Gasteiger partial charge in [-0.15, -0.1) is 24.0 Å². The van der Waals surface area contributed by atoms with Crippen LogP contribution in [0.1, 0.15) is 36.5 Å². The molecule has 0 radical (unpaired) electrons. The number of nitrogens with one attached hydrogen (secondary N) is 1. The van der Waals surface area contributed by atoms with Crippen molar-refractivity contribution in [3.63, 3.8) is 0 Å². The normalized spacial score (nSPS) is 14.8. The highest BCUT2D eigenvalue weighted by atomic mass is 127. The number of aliphatic imine (C=N–C) groups is 1. The first-order valence-electron chi connectivity index (χ1n) is 8.63. The summed E-state index contributed by atoms with van der Waals surface area (Å²) in [4.78, 5) is 16.0. The molecule has 0 bridgehead atoms. The number of rotatable bonds is 3. The van der Waals surface area contributed by atoms with E-state index in [1.807, 2.05) is 38.1 Å². The molecule has 1 aromatic carbocycles. The van der Waals surface area contributed by atoms with Crippen molar-refractivity contribution in [2.24, 2.45) is 4.99 Å². The van der Waals surface area contributed by atoms with Crippen LogP contribution in [0.2, 0.25) is 0 Å². The molecule has 134 valence electrons. The smallest absolute Gasteiger partial charge is 0.198 e. The molecule has 1 aromatic heterocycles. The Kier molecular flexibility index (Phi) is 7.61. The Morgan fingerprint density at radius 1 is 1.08 bits per heavy atom. The van der Waals surface area contributed by atoms with Gasteiger partial charge in [0.25, 0.3) is 0 Å². The van der Waals surface area contributed by atoms with Crippen LogP contribution >= 0.6 is 24.0 Å². The molecule has 0 atom stereocenters. The molecule has 0 amide bonds. The van der Waals surface area contributed by atoms with E-state index in [4.69, 9.17) is 4.99 Å². The summed E-state index contributed by atoms with van der Waals surface area (Å²) in [5, 5.41) is 3.48. The first-order valence-corrected chi connectivity index (χ1v) is 8.63. The molecule has 1 saturated heterocycles. The Balaban J connectivity index is 0.00000225. The molecule has 1 aliphatic heterocycles. The fraction of sp³-hybridized carbons (Fsp3) is 0.421. The van der Waals surface area contributed by atoms with Gasteiger partial charge in [0.1, 0.15) is 5.82 Å². The monoisotopic (exact) mass is 451 g/mol. The Labute approximate surface area is 167 Å². The third-order valence-electron chi connectivity index (χ3n) is 4.10. The topological polar surface area (TPSA) is 53.4 Å². The Morgan fingerprint density at radius 2 is 1.80 bits per heavy atom. The van der Waals surface area contributed by atoms with Crippen molar-refractivity contribution in [1.82, 2.24) is 14.9 Å². The summed E-state index contributed by atoms with van der Waals surface area (Å²) in [6, 6.07) is 12.2. The van der Waals surface area contributed by atoms with Crippen LogP contribution in [-0.4, -0.2) is 33.9 Å². The van der Waals surface area contributed by atoms with E-state index in [1.54, 1.807) is 0 Å². The molecule has 0 aliphatic carbocycles. The number of likely N-dealkylation sites (tertiary alicyclic amines) is 1. The van der Waals surface area contributed by atoms with Crippen molar-refractivity contribution in [3.8, 4) is 0 Å². The summed E-state index contributed by atoms with van der Waals surface area (Å²) in [6.45, 7) is 6.60.